The van der Waals surface area contributed by atoms with E-state index in [1.807, 2.05) is 44.2 Å². The Balaban J connectivity index is 1.81. The van der Waals surface area contributed by atoms with Gasteiger partial charge in [0.1, 0.15) is 0 Å². The molecule has 0 atom stereocenters. The first-order valence-corrected chi connectivity index (χ1v) is 8.98. The molecule has 0 fully saturated rings. The van der Waals surface area contributed by atoms with Crippen LogP contribution >= 0.6 is 0 Å². The fourth-order valence-corrected chi connectivity index (χ4v) is 2.34. The summed E-state index contributed by atoms with van der Waals surface area (Å²) in [5.74, 6) is 0.246. The molecule has 148 valence electrons. The van der Waals surface area contributed by atoms with Crippen LogP contribution in [0.1, 0.15) is 25.0 Å². The van der Waals surface area contributed by atoms with Crippen LogP contribution in [0.2, 0.25) is 0 Å². The van der Waals surface area contributed by atoms with Crippen molar-refractivity contribution in [1.82, 2.24) is 5.32 Å². The van der Waals surface area contributed by atoms with E-state index >= 15 is 0 Å². The van der Waals surface area contributed by atoms with Crippen molar-refractivity contribution >= 4 is 18.0 Å². The number of carbonyl (C=O) groups excluding carboxylic acids is 2. The normalized spacial score (nSPS) is 10.7. The molecule has 0 aliphatic rings. The molecule has 0 saturated carbocycles. The molecule has 0 spiro atoms. The molecule has 28 heavy (non-hydrogen) atoms. The van der Waals surface area contributed by atoms with Crippen LogP contribution in [0, 0.1) is 0 Å². The van der Waals surface area contributed by atoms with E-state index in [1.54, 1.807) is 31.4 Å². The van der Waals surface area contributed by atoms with Crippen LogP contribution in [-0.2, 0) is 20.9 Å². The number of esters is 1. The Morgan fingerprint density at radius 3 is 2.50 bits per heavy atom. The van der Waals surface area contributed by atoms with Crippen LogP contribution in [0.15, 0.2) is 54.6 Å². The van der Waals surface area contributed by atoms with Crippen LogP contribution in [0.25, 0.3) is 6.08 Å². The highest BCUT2D eigenvalue weighted by Crippen LogP contribution is 2.29. The third kappa shape index (κ3) is 7.15. The molecule has 1 amide bonds. The summed E-state index contributed by atoms with van der Waals surface area (Å²) in [6.07, 6.45) is 2.88. The van der Waals surface area contributed by atoms with Crippen LogP contribution in [0.3, 0.4) is 0 Å². The van der Waals surface area contributed by atoms with Gasteiger partial charge in [0.2, 0.25) is 0 Å². The Bertz CT molecular complexity index is 815. The number of hydrogen-bond donors (Lipinski definition) is 1. The third-order valence-corrected chi connectivity index (χ3v) is 3.64. The van der Waals surface area contributed by atoms with E-state index in [2.05, 4.69) is 5.32 Å². The quantitative estimate of drug-likeness (QED) is 0.531. The van der Waals surface area contributed by atoms with E-state index in [4.69, 9.17) is 14.2 Å². The van der Waals surface area contributed by atoms with Crippen LogP contribution in [-0.4, -0.2) is 31.7 Å². The predicted molar refractivity (Wildman–Crippen MR) is 107 cm³/mol. The summed E-state index contributed by atoms with van der Waals surface area (Å²) in [5, 5.41) is 2.69. The van der Waals surface area contributed by atoms with E-state index < -0.39 is 5.97 Å². The number of hydrogen-bond acceptors (Lipinski definition) is 5. The smallest absolute Gasteiger partial charge is 0.331 e. The van der Waals surface area contributed by atoms with Crippen LogP contribution in [0.5, 0.6) is 11.5 Å². The van der Waals surface area contributed by atoms with Crippen LogP contribution in [0.4, 0.5) is 0 Å². The monoisotopic (exact) mass is 383 g/mol. The topological polar surface area (TPSA) is 73.9 Å². The summed E-state index contributed by atoms with van der Waals surface area (Å²) in [6, 6.07) is 14.8. The van der Waals surface area contributed by atoms with Crippen molar-refractivity contribution < 1.29 is 23.8 Å². The number of carbonyl (C=O) groups is 2. The number of amides is 1. The first kappa shape index (κ1) is 21.0. The van der Waals surface area contributed by atoms with E-state index in [1.165, 1.54) is 6.08 Å². The van der Waals surface area contributed by atoms with Crippen molar-refractivity contribution in [3.05, 3.63) is 65.7 Å². The lowest BCUT2D eigenvalue weighted by molar-refractivity contribution is -0.143. The molecular weight excluding hydrogens is 358 g/mol. The van der Waals surface area contributed by atoms with Crippen molar-refractivity contribution in [2.75, 3.05) is 13.7 Å². The van der Waals surface area contributed by atoms with Gasteiger partial charge < -0.3 is 19.5 Å². The number of ether oxygens (including phenoxy) is 3. The summed E-state index contributed by atoms with van der Waals surface area (Å²) in [5.41, 5.74) is 1.72. The average Bonchev–Trinajstić information content (AvgIpc) is 2.70. The fraction of sp³-hybridized carbons (Fsp3) is 0.273. The van der Waals surface area contributed by atoms with Gasteiger partial charge in [0.05, 0.1) is 13.2 Å². The second-order valence-corrected chi connectivity index (χ2v) is 6.28. The average molecular weight is 383 g/mol. The zero-order valence-electron chi connectivity index (χ0n) is 16.3. The predicted octanol–water partition coefficient (Wildman–Crippen LogP) is 3.36. The van der Waals surface area contributed by atoms with Crippen molar-refractivity contribution in [2.24, 2.45) is 0 Å². The Hall–Kier alpha value is -3.28. The zero-order chi connectivity index (χ0) is 20.4. The highest BCUT2D eigenvalue weighted by Gasteiger charge is 2.08. The molecule has 0 aliphatic carbocycles. The Morgan fingerprint density at radius 2 is 1.82 bits per heavy atom. The van der Waals surface area contributed by atoms with Gasteiger partial charge in [-0.2, -0.15) is 0 Å². The molecule has 0 saturated heterocycles. The Kier molecular flexibility index (Phi) is 8.09. The number of nitrogens with one attached hydrogen (secondary N) is 1. The highest BCUT2D eigenvalue weighted by molar-refractivity contribution is 5.89. The van der Waals surface area contributed by atoms with Gasteiger partial charge in [0, 0.05) is 12.6 Å². The maximum absolute atomic E-state index is 11.8. The molecule has 2 aromatic rings. The van der Waals surface area contributed by atoms with Gasteiger partial charge in [0.25, 0.3) is 5.91 Å². The summed E-state index contributed by atoms with van der Waals surface area (Å²) in [7, 11) is 1.55. The summed E-state index contributed by atoms with van der Waals surface area (Å²) in [6.45, 7) is 3.91. The molecule has 6 heteroatoms. The van der Waals surface area contributed by atoms with Crippen molar-refractivity contribution in [3.8, 4) is 11.5 Å². The molecule has 0 radical (unpaired) electrons. The SMILES string of the molecule is COc1cc(/C=C/C(=O)OCC(=O)NCc2ccccc2)ccc1OC(C)C. The maximum atomic E-state index is 11.8. The molecule has 2 aromatic carbocycles. The number of rotatable bonds is 9. The molecular formula is C22H25NO5. The highest BCUT2D eigenvalue weighted by atomic mass is 16.5. The van der Waals surface area contributed by atoms with E-state index in [-0.39, 0.29) is 18.6 Å². The standard InChI is InChI=1S/C22H25NO5/c1-16(2)28-19-11-9-17(13-20(19)26-3)10-12-22(25)27-15-21(24)23-14-18-7-5-4-6-8-18/h4-13,16H,14-15H2,1-3H3,(H,23,24)/b12-10+. The second-order valence-electron chi connectivity index (χ2n) is 6.28. The van der Waals surface area contributed by atoms with Gasteiger partial charge >= 0.3 is 5.97 Å². The first-order valence-electron chi connectivity index (χ1n) is 8.98. The van der Waals surface area contributed by atoms with Gasteiger partial charge in [-0.05, 0) is 43.2 Å². The fourth-order valence-electron chi connectivity index (χ4n) is 2.34. The minimum Gasteiger partial charge on any atom is -0.493 e. The van der Waals surface area contributed by atoms with Crippen LogP contribution < -0.4 is 14.8 Å². The van der Waals surface area contributed by atoms with Gasteiger partial charge in [0.15, 0.2) is 18.1 Å². The molecule has 6 nitrogen and oxygen atoms in total. The van der Waals surface area contributed by atoms with E-state index in [0.717, 1.165) is 11.1 Å². The van der Waals surface area contributed by atoms with Gasteiger partial charge in [-0.3, -0.25) is 4.79 Å². The molecule has 0 aliphatic heterocycles. The minimum atomic E-state index is -0.601. The lowest BCUT2D eigenvalue weighted by Gasteiger charge is -2.13. The van der Waals surface area contributed by atoms with E-state index in [9.17, 15) is 9.59 Å². The molecule has 1 N–H and O–H groups in total. The zero-order valence-corrected chi connectivity index (χ0v) is 16.3. The lowest BCUT2D eigenvalue weighted by atomic mass is 10.2. The Labute approximate surface area is 165 Å². The molecule has 2 rings (SSSR count). The molecule has 0 unspecified atom stereocenters. The second kappa shape index (κ2) is 10.8. The number of benzene rings is 2. The minimum absolute atomic E-state index is 0.0262. The van der Waals surface area contributed by atoms with Crippen molar-refractivity contribution in [3.63, 3.8) is 0 Å². The summed E-state index contributed by atoms with van der Waals surface area (Å²) >= 11 is 0. The molecule has 0 bridgehead atoms. The van der Waals surface area contributed by atoms with Crippen molar-refractivity contribution in [1.29, 1.82) is 0 Å². The largest absolute Gasteiger partial charge is 0.493 e. The first-order chi connectivity index (χ1) is 13.5. The lowest BCUT2D eigenvalue weighted by Crippen LogP contribution is -2.28. The van der Waals surface area contributed by atoms with Gasteiger partial charge in [-0.1, -0.05) is 36.4 Å². The third-order valence-electron chi connectivity index (χ3n) is 3.64. The Morgan fingerprint density at radius 1 is 1.07 bits per heavy atom. The summed E-state index contributed by atoms with van der Waals surface area (Å²) < 4.78 is 15.9. The molecule has 0 aromatic heterocycles. The maximum Gasteiger partial charge on any atom is 0.331 e. The van der Waals surface area contributed by atoms with Crippen molar-refractivity contribution in [2.45, 2.75) is 26.5 Å². The van der Waals surface area contributed by atoms with Gasteiger partial charge in [-0.25, -0.2) is 4.79 Å². The number of methoxy groups -OCH3 is 1. The summed E-state index contributed by atoms with van der Waals surface area (Å²) in [4.78, 5) is 23.6. The molecule has 0 heterocycles. The van der Waals surface area contributed by atoms with Gasteiger partial charge in [-0.15, -0.1) is 0 Å². The van der Waals surface area contributed by atoms with E-state index in [0.29, 0.717) is 18.0 Å².